The van der Waals surface area contributed by atoms with Crippen molar-refractivity contribution in [2.75, 3.05) is 0 Å². The Balaban J connectivity index is 0.747. The van der Waals surface area contributed by atoms with E-state index in [9.17, 15) is 0 Å². The lowest BCUT2D eigenvalue weighted by atomic mass is 9.97. The molecule has 0 amide bonds. The second-order valence-electron chi connectivity index (χ2n) is 23.9. The molecule has 4 heterocycles. The summed E-state index contributed by atoms with van der Waals surface area (Å²) >= 11 is 0. The maximum Gasteiger partial charge on any atom is 0.164 e. The van der Waals surface area contributed by atoms with Crippen LogP contribution < -0.4 is 0 Å². The first-order valence-electron chi connectivity index (χ1n) is 31.6. The van der Waals surface area contributed by atoms with Crippen LogP contribution in [-0.2, 0) is 0 Å². The van der Waals surface area contributed by atoms with E-state index in [0.717, 1.165) is 72.5 Å². The predicted octanol–water partition coefficient (Wildman–Crippen LogP) is 22.5. The molecule has 93 heavy (non-hydrogen) atoms. The van der Waals surface area contributed by atoms with Crippen molar-refractivity contribution in [3.05, 3.63) is 340 Å². The van der Waals surface area contributed by atoms with Gasteiger partial charge in [0.25, 0.3) is 0 Å². The van der Waals surface area contributed by atoms with E-state index in [1.165, 1.54) is 82.3 Å². The molecule has 0 aliphatic carbocycles. The number of rotatable bonds is 11. The average molecular weight is 1190 g/mol. The molecule has 0 unspecified atom stereocenters. The van der Waals surface area contributed by atoms with Crippen LogP contribution in [-0.4, -0.2) is 28.7 Å². The standard InChI is InChI=1S/C87H56N6/c1-5-22-57(23-6-1)61-30-17-31-62(50-61)63-32-19-35-69(52-63)91-78-41-15-13-38-73(78)75-54-65(45-48-80(75)91)66-46-49-82-77(55-66)76-53-64(58-24-7-2-8-25-58)44-47-81(76)92(82)70-36-20-37-71(56-70)93-79-42-16-14-39-74(79)84-72(40-21-43-83(84)93)67-33-18-34-68(51-67)87-89-85(59-26-9-3-10-27-59)88-86(90-87)60-28-11-4-12-29-60/h1-56H. The van der Waals surface area contributed by atoms with Crippen molar-refractivity contribution in [1.82, 2.24) is 28.7 Å². The Morgan fingerprint density at radius 1 is 0.172 bits per heavy atom. The van der Waals surface area contributed by atoms with Gasteiger partial charge in [-0.2, -0.15) is 0 Å². The van der Waals surface area contributed by atoms with E-state index in [-0.39, 0.29) is 0 Å². The molecule has 0 saturated heterocycles. The number of aromatic nitrogens is 6. The SMILES string of the molecule is c1ccc(-c2cccc(-c3cccc(-n4c5ccccc5c5cc(-c6ccc7c(c6)c6cc(-c8ccccc8)ccc6n7-c6cccc(-n7c8ccccc8c8c(-c9cccc(-c%10nc(-c%11ccccc%11)nc(-c%11ccccc%11)n%10)c9)cccc87)c6)ccc54)c3)c2)cc1. The maximum absolute atomic E-state index is 5.11. The monoisotopic (exact) mass is 1180 g/mol. The summed E-state index contributed by atoms with van der Waals surface area (Å²) in [6, 6.07) is 123. The van der Waals surface area contributed by atoms with Gasteiger partial charge >= 0.3 is 0 Å². The van der Waals surface area contributed by atoms with Crippen LogP contribution in [0, 0.1) is 0 Å². The summed E-state index contributed by atoms with van der Waals surface area (Å²) in [6.45, 7) is 0. The molecule has 0 spiro atoms. The van der Waals surface area contributed by atoms with Crippen molar-refractivity contribution < 1.29 is 0 Å². The molecule has 4 aromatic heterocycles. The van der Waals surface area contributed by atoms with Gasteiger partial charge in [0.15, 0.2) is 17.5 Å². The normalized spacial score (nSPS) is 11.7. The van der Waals surface area contributed by atoms with Gasteiger partial charge in [0.05, 0.1) is 33.1 Å². The first kappa shape index (κ1) is 53.5. The summed E-state index contributed by atoms with van der Waals surface area (Å²) in [5.41, 5.74) is 24.6. The van der Waals surface area contributed by atoms with Gasteiger partial charge in [-0.1, -0.05) is 243 Å². The average Bonchev–Trinajstić information content (AvgIpc) is 1.60. The summed E-state index contributed by atoms with van der Waals surface area (Å²) in [5.74, 6) is 1.89. The molecule has 6 nitrogen and oxygen atoms in total. The Hall–Kier alpha value is -12.5. The molecule has 14 aromatic carbocycles. The van der Waals surface area contributed by atoms with Gasteiger partial charge in [0, 0.05) is 66.1 Å². The zero-order valence-electron chi connectivity index (χ0n) is 50.5. The lowest BCUT2D eigenvalue weighted by molar-refractivity contribution is 1.07. The topological polar surface area (TPSA) is 53.5 Å². The molecule has 0 N–H and O–H groups in total. The summed E-state index contributed by atoms with van der Waals surface area (Å²) in [6.07, 6.45) is 0. The zero-order valence-corrected chi connectivity index (χ0v) is 50.5. The Labute approximate surface area is 537 Å². The van der Waals surface area contributed by atoms with Crippen LogP contribution in [0.25, 0.3) is 172 Å². The van der Waals surface area contributed by atoms with E-state index in [2.05, 4.69) is 293 Å². The minimum atomic E-state index is 0.620. The number of nitrogens with zero attached hydrogens (tertiary/aromatic N) is 6. The Bertz CT molecular complexity index is 5860. The van der Waals surface area contributed by atoms with Gasteiger partial charge in [-0.25, -0.2) is 15.0 Å². The van der Waals surface area contributed by atoms with Gasteiger partial charge < -0.3 is 13.7 Å². The Kier molecular flexibility index (Phi) is 12.8. The highest BCUT2D eigenvalue weighted by atomic mass is 15.0. The smallest absolute Gasteiger partial charge is 0.164 e. The molecule has 434 valence electrons. The van der Waals surface area contributed by atoms with Gasteiger partial charge in [0.1, 0.15) is 0 Å². The summed E-state index contributed by atoms with van der Waals surface area (Å²) in [7, 11) is 0. The molecule has 18 rings (SSSR count). The van der Waals surface area contributed by atoms with Crippen LogP contribution in [0.4, 0.5) is 0 Å². The fourth-order valence-electron chi connectivity index (χ4n) is 14.1. The molecule has 18 aromatic rings. The van der Waals surface area contributed by atoms with Crippen LogP contribution in [0.5, 0.6) is 0 Å². The van der Waals surface area contributed by atoms with Crippen molar-refractivity contribution in [2.24, 2.45) is 0 Å². The van der Waals surface area contributed by atoms with E-state index in [0.29, 0.717) is 17.5 Å². The number of fused-ring (bicyclic) bond motifs is 9. The second kappa shape index (κ2) is 22.2. The summed E-state index contributed by atoms with van der Waals surface area (Å²) < 4.78 is 7.31. The lowest BCUT2D eigenvalue weighted by Gasteiger charge is -2.13. The third-order valence-corrected chi connectivity index (χ3v) is 18.5. The number of hydrogen-bond donors (Lipinski definition) is 0. The van der Waals surface area contributed by atoms with E-state index >= 15 is 0 Å². The van der Waals surface area contributed by atoms with E-state index in [4.69, 9.17) is 15.0 Å². The molecule has 0 fully saturated rings. The molecule has 0 bridgehead atoms. The van der Waals surface area contributed by atoms with E-state index in [1.807, 2.05) is 60.7 Å². The van der Waals surface area contributed by atoms with E-state index in [1.54, 1.807) is 0 Å². The fourth-order valence-corrected chi connectivity index (χ4v) is 14.1. The number of hydrogen-bond acceptors (Lipinski definition) is 3. The Morgan fingerprint density at radius 3 is 1.05 bits per heavy atom. The quantitative estimate of drug-likeness (QED) is 0.130. The summed E-state index contributed by atoms with van der Waals surface area (Å²) in [4.78, 5) is 15.2. The van der Waals surface area contributed by atoms with Gasteiger partial charge in [-0.15, -0.1) is 0 Å². The third-order valence-electron chi connectivity index (χ3n) is 18.5. The molecule has 6 heteroatoms. The largest absolute Gasteiger partial charge is 0.309 e. The van der Waals surface area contributed by atoms with Gasteiger partial charge in [-0.3, -0.25) is 0 Å². The first-order valence-corrected chi connectivity index (χ1v) is 31.6. The van der Waals surface area contributed by atoms with Crippen molar-refractivity contribution in [1.29, 1.82) is 0 Å². The third kappa shape index (κ3) is 9.30. The Morgan fingerprint density at radius 2 is 0.495 bits per heavy atom. The lowest BCUT2D eigenvalue weighted by Crippen LogP contribution is -2.00. The number of para-hydroxylation sites is 2. The minimum absolute atomic E-state index is 0.620. The highest BCUT2D eigenvalue weighted by Crippen LogP contribution is 2.43. The second-order valence-corrected chi connectivity index (χ2v) is 23.9. The minimum Gasteiger partial charge on any atom is -0.309 e. The van der Waals surface area contributed by atoms with Crippen molar-refractivity contribution >= 4 is 65.4 Å². The van der Waals surface area contributed by atoms with Crippen LogP contribution in [0.1, 0.15) is 0 Å². The molecule has 0 radical (unpaired) electrons. The number of benzene rings is 14. The summed E-state index contributed by atoms with van der Waals surface area (Å²) in [5, 5.41) is 7.17. The first-order chi connectivity index (χ1) is 46.1. The highest BCUT2D eigenvalue weighted by molar-refractivity contribution is 6.17. The van der Waals surface area contributed by atoms with Crippen molar-refractivity contribution in [3.63, 3.8) is 0 Å². The molecule has 0 aliphatic rings. The zero-order chi connectivity index (χ0) is 61.3. The van der Waals surface area contributed by atoms with Crippen LogP contribution in [0.2, 0.25) is 0 Å². The van der Waals surface area contributed by atoms with E-state index < -0.39 is 0 Å². The van der Waals surface area contributed by atoms with Crippen LogP contribution in [0.3, 0.4) is 0 Å². The highest BCUT2D eigenvalue weighted by Gasteiger charge is 2.22. The van der Waals surface area contributed by atoms with Crippen LogP contribution in [0.15, 0.2) is 340 Å². The van der Waals surface area contributed by atoms with Crippen LogP contribution >= 0.6 is 0 Å². The fraction of sp³-hybridized carbons (Fsp3) is 0. The molecular formula is C87H56N6. The van der Waals surface area contributed by atoms with Crippen molar-refractivity contribution in [2.45, 2.75) is 0 Å². The predicted molar refractivity (Wildman–Crippen MR) is 386 cm³/mol. The van der Waals surface area contributed by atoms with Gasteiger partial charge in [-0.05, 0) is 153 Å². The molecule has 0 aliphatic heterocycles. The maximum atomic E-state index is 5.11. The molecule has 0 atom stereocenters. The molecule has 0 saturated carbocycles. The van der Waals surface area contributed by atoms with Crippen molar-refractivity contribution in [3.8, 4) is 107 Å². The molecular weight excluding hydrogens is 1130 g/mol. The van der Waals surface area contributed by atoms with Gasteiger partial charge in [0.2, 0.25) is 0 Å².